The summed E-state index contributed by atoms with van der Waals surface area (Å²) >= 11 is 0. The van der Waals surface area contributed by atoms with Gasteiger partial charge in [-0.05, 0) is 42.2 Å². The summed E-state index contributed by atoms with van der Waals surface area (Å²) in [5.41, 5.74) is 4.76. The smallest absolute Gasteiger partial charge is 0.267 e. The van der Waals surface area contributed by atoms with E-state index in [4.69, 9.17) is 10.2 Å². The van der Waals surface area contributed by atoms with E-state index >= 15 is 0 Å². The van der Waals surface area contributed by atoms with Crippen molar-refractivity contribution in [1.82, 2.24) is 20.3 Å². The van der Waals surface area contributed by atoms with Crippen LogP contribution in [0.5, 0.6) is 0 Å². The lowest BCUT2D eigenvalue weighted by Gasteiger charge is -2.18. The predicted octanol–water partition coefficient (Wildman–Crippen LogP) is 3.14. The van der Waals surface area contributed by atoms with Crippen LogP contribution in [0.2, 0.25) is 0 Å². The Hall–Kier alpha value is -2.18. The number of hydrogen-bond acceptors (Lipinski definition) is 4. The first-order valence-electron chi connectivity index (χ1n) is 9.16. The molecule has 0 unspecified atom stereocenters. The van der Waals surface area contributed by atoms with Crippen molar-refractivity contribution in [1.29, 1.82) is 0 Å². The van der Waals surface area contributed by atoms with Crippen molar-refractivity contribution in [3.63, 3.8) is 0 Å². The highest BCUT2D eigenvalue weighted by Gasteiger charge is 2.15. The highest BCUT2D eigenvalue weighted by atomic mass is 16.5. The van der Waals surface area contributed by atoms with Gasteiger partial charge in [-0.2, -0.15) is 0 Å². The molecular weight excluding hydrogens is 328 g/mol. The third-order valence-electron chi connectivity index (χ3n) is 4.25. The molecule has 2 aromatic rings. The van der Waals surface area contributed by atoms with Crippen molar-refractivity contribution in [2.45, 2.75) is 47.1 Å². The van der Waals surface area contributed by atoms with Crippen LogP contribution in [-0.4, -0.2) is 33.8 Å². The van der Waals surface area contributed by atoms with E-state index in [0.29, 0.717) is 0 Å². The second kappa shape index (κ2) is 8.96. The first-order chi connectivity index (χ1) is 12.3. The summed E-state index contributed by atoms with van der Waals surface area (Å²) in [6, 6.07) is 5.98. The molecule has 6 heteroatoms. The van der Waals surface area contributed by atoms with Crippen molar-refractivity contribution in [2.24, 2.45) is 5.41 Å². The number of carbonyl (C=O) groups excluding carboxylic acids is 1. The molecule has 0 aliphatic carbocycles. The lowest BCUT2D eigenvalue weighted by atomic mass is 9.90. The molecule has 0 aliphatic rings. The maximum atomic E-state index is 11.2. The zero-order valence-corrected chi connectivity index (χ0v) is 16.2. The van der Waals surface area contributed by atoms with Gasteiger partial charge in [-0.3, -0.25) is 10.0 Å². The molecule has 6 nitrogen and oxygen atoms in total. The number of rotatable bonds is 8. The zero-order chi connectivity index (χ0) is 19.2. The first-order valence-corrected chi connectivity index (χ1v) is 9.16. The lowest BCUT2D eigenvalue weighted by molar-refractivity contribution is -0.124. The molecule has 0 fully saturated rings. The predicted molar refractivity (Wildman–Crippen MR) is 105 cm³/mol. The minimum Gasteiger partial charge on any atom is -0.327 e. The molecule has 2 rings (SSSR count). The number of hydrogen-bond donors (Lipinski definition) is 3. The molecular formula is C20H30N4O2. The van der Waals surface area contributed by atoms with Crippen LogP contribution in [-0.2, 0) is 17.8 Å². The molecule has 0 atom stereocenters. The Morgan fingerprint density at radius 1 is 1.35 bits per heavy atom. The van der Waals surface area contributed by atoms with E-state index < -0.39 is 5.91 Å². The molecule has 0 radical (unpaired) electrons. The van der Waals surface area contributed by atoms with Crippen molar-refractivity contribution in [3.8, 4) is 0 Å². The number of aryl methyl sites for hydroxylation is 1. The number of imidazole rings is 1. The number of fused-ring (bicyclic) bond motifs is 1. The largest absolute Gasteiger partial charge is 0.327 e. The molecule has 0 aliphatic heterocycles. The van der Waals surface area contributed by atoms with E-state index in [-0.39, 0.29) is 5.41 Å². The number of hydroxylamine groups is 1. The maximum absolute atomic E-state index is 11.2. The molecule has 0 saturated carbocycles. The lowest BCUT2D eigenvalue weighted by Crippen LogP contribution is -2.20. The van der Waals surface area contributed by atoms with E-state index in [1.54, 1.807) is 11.6 Å². The summed E-state index contributed by atoms with van der Waals surface area (Å²) in [4.78, 5) is 16.0. The van der Waals surface area contributed by atoms with Crippen LogP contribution in [0, 0.1) is 5.41 Å². The van der Waals surface area contributed by atoms with Crippen molar-refractivity contribution < 1.29 is 10.0 Å². The quantitative estimate of drug-likeness (QED) is 0.293. The summed E-state index contributed by atoms with van der Waals surface area (Å²) in [7, 11) is 0. The van der Waals surface area contributed by atoms with Crippen molar-refractivity contribution in [2.75, 3.05) is 13.1 Å². The number of nitrogens with one attached hydrogen (secondary N) is 2. The third kappa shape index (κ3) is 5.68. The van der Waals surface area contributed by atoms with Gasteiger partial charge in [0.05, 0.1) is 11.0 Å². The normalized spacial score (nSPS) is 12.2. The Kier molecular flexibility index (Phi) is 6.94. The first kappa shape index (κ1) is 20.1. The summed E-state index contributed by atoms with van der Waals surface area (Å²) in [6.45, 7) is 11.6. The van der Waals surface area contributed by atoms with Gasteiger partial charge in [-0.25, -0.2) is 10.5 Å². The zero-order valence-electron chi connectivity index (χ0n) is 16.2. The third-order valence-corrected chi connectivity index (χ3v) is 4.25. The van der Waals surface area contributed by atoms with Crippen molar-refractivity contribution >= 4 is 23.0 Å². The summed E-state index contributed by atoms with van der Waals surface area (Å²) in [5, 5.41) is 12.0. The molecule has 0 bridgehead atoms. The number of likely N-dealkylation sites (N-methyl/N-ethyl adjacent to an activating group) is 1. The van der Waals surface area contributed by atoms with Crippen LogP contribution < -0.4 is 10.8 Å². The molecule has 1 amide bonds. The maximum Gasteiger partial charge on any atom is 0.267 e. The molecule has 0 saturated heterocycles. The second-order valence-corrected chi connectivity index (χ2v) is 7.65. The highest BCUT2D eigenvalue weighted by Crippen LogP contribution is 2.24. The monoisotopic (exact) mass is 358 g/mol. The van der Waals surface area contributed by atoms with Gasteiger partial charge in [0.1, 0.15) is 5.82 Å². The number of carbonyl (C=O) groups is 1. The minimum atomic E-state index is -0.549. The van der Waals surface area contributed by atoms with Gasteiger partial charge >= 0.3 is 0 Å². The Labute approximate surface area is 155 Å². The van der Waals surface area contributed by atoms with Gasteiger partial charge in [0.25, 0.3) is 5.91 Å². The van der Waals surface area contributed by atoms with Crippen molar-refractivity contribution in [3.05, 3.63) is 35.7 Å². The van der Waals surface area contributed by atoms with Crippen LogP contribution in [0.25, 0.3) is 17.1 Å². The fraction of sp³-hybridized carbons (Fsp3) is 0.500. The molecule has 1 aromatic heterocycles. The molecule has 1 heterocycles. The van der Waals surface area contributed by atoms with Gasteiger partial charge < -0.3 is 9.88 Å². The second-order valence-electron chi connectivity index (χ2n) is 7.65. The SMILES string of the molecule is CCNCCn1c(CCC(C)(C)C)nc2cc(/C=C/C(=O)NO)ccc21. The fourth-order valence-electron chi connectivity index (χ4n) is 2.80. The van der Waals surface area contributed by atoms with Gasteiger partial charge in [-0.1, -0.05) is 33.8 Å². The molecule has 3 N–H and O–H groups in total. The topological polar surface area (TPSA) is 79.2 Å². The summed E-state index contributed by atoms with van der Waals surface area (Å²) < 4.78 is 2.29. The van der Waals surface area contributed by atoms with E-state index in [1.165, 1.54) is 6.08 Å². The standard InChI is InChI=1S/C20H30N4O2/c1-5-21-12-13-24-17-8-6-15(7-9-19(25)23-26)14-16(17)22-18(24)10-11-20(2,3)4/h6-9,14,21,26H,5,10-13H2,1-4H3,(H,23,25)/b9-7+. The van der Waals surface area contributed by atoms with Gasteiger partial charge in [0, 0.05) is 25.6 Å². The van der Waals surface area contributed by atoms with E-state index in [2.05, 4.69) is 37.6 Å². The number of benzene rings is 1. The number of amides is 1. The van der Waals surface area contributed by atoms with E-state index in [1.807, 2.05) is 18.2 Å². The summed E-state index contributed by atoms with van der Waals surface area (Å²) in [6.07, 6.45) is 4.96. The Morgan fingerprint density at radius 3 is 2.77 bits per heavy atom. The molecule has 142 valence electrons. The Morgan fingerprint density at radius 2 is 2.12 bits per heavy atom. The van der Waals surface area contributed by atoms with Gasteiger partial charge in [0.2, 0.25) is 0 Å². The number of nitrogens with zero attached hydrogens (tertiary/aromatic N) is 2. The fourth-order valence-corrected chi connectivity index (χ4v) is 2.80. The highest BCUT2D eigenvalue weighted by molar-refractivity contribution is 5.91. The molecule has 1 aromatic carbocycles. The van der Waals surface area contributed by atoms with Gasteiger partial charge in [-0.15, -0.1) is 0 Å². The van der Waals surface area contributed by atoms with Crippen LogP contribution in [0.4, 0.5) is 0 Å². The van der Waals surface area contributed by atoms with Gasteiger partial charge in [0.15, 0.2) is 0 Å². The average molecular weight is 358 g/mol. The van der Waals surface area contributed by atoms with Crippen LogP contribution in [0.3, 0.4) is 0 Å². The summed E-state index contributed by atoms with van der Waals surface area (Å²) in [5.74, 6) is 0.550. The van der Waals surface area contributed by atoms with E-state index in [9.17, 15) is 4.79 Å². The van der Waals surface area contributed by atoms with E-state index in [0.717, 1.165) is 54.9 Å². The molecule has 26 heavy (non-hydrogen) atoms. The van der Waals surface area contributed by atoms with Crippen LogP contribution >= 0.6 is 0 Å². The molecule has 0 spiro atoms. The minimum absolute atomic E-state index is 0.260. The average Bonchev–Trinajstić information content (AvgIpc) is 2.94. The Bertz CT molecular complexity index is 772. The van der Waals surface area contributed by atoms with Crippen LogP contribution in [0.15, 0.2) is 24.3 Å². The van der Waals surface area contributed by atoms with Crippen LogP contribution in [0.1, 0.15) is 45.5 Å². The Balaban J connectivity index is 2.32. The number of aromatic nitrogens is 2.